The monoisotopic (exact) mass is 349 g/mol. The summed E-state index contributed by atoms with van der Waals surface area (Å²) < 4.78 is 22.6. The number of hydrogen-bond acceptors (Lipinski definition) is 5. The third-order valence-electron chi connectivity index (χ3n) is 3.96. The van der Waals surface area contributed by atoms with Crippen molar-refractivity contribution >= 4 is 15.7 Å². The van der Waals surface area contributed by atoms with Crippen LogP contribution in [0.5, 0.6) is 0 Å². The number of nitro benzene ring substituents is 1. The van der Waals surface area contributed by atoms with Crippen LogP contribution in [0.2, 0.25) is 0 Å². The molecule has 128 valence electrons. The molecule has 2 aromatic carbocycles. The van der Waals surface area contributed by atoms with Gasteiger partial charge in [-0.3, -0.25) is 15.0 Å². The van der Waals surface area contributed by atoms with E-state index >= 15 is 0 Å². The Bertz CT molecular complexity index is 835. The SMILES string of the molecule is CC(c1ccc(S(N)(=O)=O)cc1)N(C)Cc1ccccc1[N+](=O)[O-]. The van der Waals surface area contributed by atoms with Crippen LogP contribution in [0.1, 0.15) is 24.1 Å². The van der Waals surface area contributed by atoms with Crippen molar-refractivity contribution in [3.05, 3.63) is 69.8 Å². The van der Waals surface area contributed by atoms with Crippen molar-refractivity contribution in [1.29, 1.82) is 0 Å². The zero-order chi connectivity index (χ0) is 17.9. The maximum Gasteiger partial charge on any atom is 0.273 e. The van der Waals surface area contributed by atoms with Crippen LogP contribution in [-0.4, -0.2) is 25.3 Å². The molecule has 0 saturated heterocycles. The third-order valence-corrected chi connectivity index (χ3v) is 4.89. The van der Waals surface area contributed by atoms with Crippen molar-refractivity contribution in [2.24, 2.45) is 5.14 Å². The normalized spacial score (nSPS) is 13.0. The molecule has 0 bridgehead atoms. The fraction of sp³-hybridized carbons (Fsp3) is 0.250. The molecule has 0 aromatic heterocycles. The number of nitrogens with zero attached hydrogens (tertiary/aromatic N) is 2. The standard InChI is InChI=1S/C16H19N3O4S/c1-12(13-7-9-15(10-8-13)24(17,22)23)18(2)11-14-5-3-4-6-16(14)19(20)21/h3-10,12H,11H2,1-2H3,(H2,17,22,23). The van der Waals surface area contributed by atoms with Crippen LogP contribution in [0.25, 0.3) is 0 Å². The lowest BCUT2D eigenvalue weighted by Gasteiger charge is -2.25. The topological polar surface area (TPSA) is 107 Å². The molecule has 0 amide bonds. The van der Waals surface area contributed by atoms with Crippen LogP contribution >= 0.6 is 0 Å². The molecule has 1 unspecified atom stereocenters. The average Bonchev–Trinajstić information content (AvgIpc) is 2.53. The van der Waals surface area contributed by atoms with E-state index in [4.69, 9.17) is 5.14 Å². The van der Waals surface area contributed by atoms with E-state index in [2.05, 4.69) is 0 Å². The zero-order valence-electron chi connectivity index (χ0n) is 13.4. The Morgan fingerprint density at radius 2 is 1.75 bits per heavy atom. The van der Waals surface area contributed by atoms with Crippen molar-refractivity contribution < 1.29 is 13.3 Å². The summed E-state index contributed by atoms with van der Waals surface area (Å²) in [6.07, 6.45) is 0. The molecule has 0 aliphatic heterocycles. The van der Waals surface area contributed by atoms with Crippen molar-refractivity contribution in [3.63, 3.8) is 0 Å². The van der Waals surface area contributed by atoms with Crippen LogP contribution in [0.3, 0.4) is 0 Å². The molecule has 0 fully saturated rings. The number of benzene rings is 2. The van der Waals surface area contributed by atoms with E-state index in [0.717, 1.165) is 5.56 Å². The second-order valence-corrected chi connectivity index (χ2v) is 7.15. The van der Waals surface area contributed by atoms with Gasteiger partial charge in [0.1, 0.15) is 0 Å². The van der Waals surface area contributed by atoms with Crippen LogP contribution in [0.15, 0.2) is 53.4 Å². The molecular weight excluding hydrogens is 330 g/mol. The highest BCUT2D eigenvalue weighted by atomic mass is 32.2. The van der Waals surface area contributed by atoms with E-state index in [0.29, 0.717) is 12.1 Å². The van der Waals surface area contributed by atoms with Gasteiger partial charge in [0, 0.05) is 24.2 Å². The number of rotatable bonds is 6. The van der Waals surface area contributed by atoms with Gasteiger partial charge in [0.15, 0.2) is 0 Å². The third kappa shape index (κ3) is 4.16. The van der Waals surface area contributed by atoms with E-state index in [-0.39, 0.29) is 16.6 Å². The Balaban J connectivity index is 2.18. The minimum absolute atomic E-state index is 0.0554. The van der Waals surface area contributed by atoms with Crippen molar-refractivity contribution in [1.82, 2.24) is 4.90 Å². The molecule has 0 aliphatic carbocycles. The van der Waals surface area contributed by atoms with Gasteiger partial charge in [-0.1, -0.05) is 30.3 Å². The summed E-state index contributed by atoms with van der Waals surface area (Å²) in [6, 6.07) is 12.9. The van der Waals surface area contributed by atoms with Gasteiger partial charge >= 0.3 is 0 Å². The Morgan fingerprint density at radius 1 is 1.17 bits per heavy atom. The van der Waals surface area contributed by atoms with Gasteiger partial charge in [-0.2, -0.15) is 0 Å². The highest BCUT2D eigenvalue weighted by Gasteiger charge is 2.18. The van der Waals surface area contributed by atoms with Gasteiger partial charge in [-0.15, -0.1) is 0 Å². The van der Waals surface area contributed by atoms with Gasteiger partial charge < -0.3 is 0 Å². The molecule has 1 atom stereocenters. The average molecular weight is 349 g/mol. The highest BCUT2D eigenvalue weighted by Crippen LogP contribution is 2.25. The largest absolute Gasteiger partial charge is 0.295 e. The summed E-state index contributed by atoms with van der Waals surface area (Å²) in [6.45, 7) is 2.34. The Labute approximate surface area is 140 Å². The van der Waals surface area contributed by atoms with Crippen molar-refractivity contribution in [3.8, 4) is 0 Å². The van der Waals surface area contributed by atoms with E-state index in [1.54, 1.807) is 30.3 Å². The fourth-order valence-corrected chi connectivity index (χ4v) is 2.93. The molecule has 0 aliphatic rings. The molecule has 7 nitrogen and oxygen atoms in total. The number of nitro groups is 1. The van der Waals surface area contributed by atoms with Gasteiger partial charge in [-0.25, -0.2) is 13.6 Å². The quantitative estimate of drug-likeness (QED) is 0.637. The number of sulfonamides is 1. The molecule has 2 rings (SSSR count). The Morgan fingerprint density at radius 3 is 2.29 bits per heavy atom. The second-order valence-electron chi connectivity index (χ2n) is 5.59. The van der Waals surface area contributed by atoms with Gasteiger partial charge in [0.2, 0.25) is 10.0 Å². The maximum absolute atomic E-state index is 11.3. The van der Waals surface area contributed by atoms with Crippen LogP contribution in [0, 0.1) is 10.1 Å². The first-order valence-corrected chi connectivity index (χ1v) is 8.80. The maximum atomic E-state index is 11.3. The molecule has 0 radical (unpaired) electrons. The Hall–Kier alpha value is -2.29. The van der Waals surface area contributed by atoms with E-state index < -0.39 is 14.9 Å². The minimum atomic E-state index is -3.72. The second kappa shape index (κ2) is 7.08. The molecule has 2 aromatic rings. The summed E-state index contributed by atoms with van der Waals surface area (Å²) >= 11 is 0. The summed E-state index contributed by atoms with van der Waals surface area (Å²) in [4.78, 5) is 12.7. The Kier molecular flexibility index (Phi) is 5.33. The molecule has 24 heavy (non-hydrogen) atoms. The van der Waals surface area contributed by atoms with Gasteiger partial charge in [0.25, 0.3) is 5.69 Å². The lowest BCUT2D eigenvalue weighted by atomic mass is 10.1. The first kappa shape index (κ1) is 18.1. The summed E-state index contributed by atoms with van der Waals surface area (Å²) in [7, 11) is -1.86. The molecule has 0 saturated carbocycles. The summed E-state index contributed by atoms with van der Waals surface area (Å²) in [5.41, 5.74) is 1.60. The highest BCUT2D eigenvalue weighted by molar-refractivity contribution is 7.89. The van der Waals surface area contributed by atoms with Gasteiger partial charge in [0.05, 0.1) is 9.82 Å². The number of primary sulfonamides is 1. The van der Waals surface area contributed by atoms with E-state index in [1.807, 2.05) is 18.9 Å². The number of nitrogens with two attached hydrogens (primary N) is 1. The first-order chi connectivity index (χ1) is 11.2. The first-order valence-electron chi connectivity index (χ1n) is 7.25. The van der Waals surface area contributed by atoms with Crippen molar-refractivity contribution in [2.45, 2.75) is 24.4 Å². The lowest BCUT2D eigenvalue weighted by molar-refractivity contribution is -0.385. The van der Waals surface area contributed by atoms with Crippen LogP contribution < -0.4 is 5.14 Å². The predicted octanol–water partition coefficient (Wildman–Crippen LogP) is 2.44. The van der Waals surface area contributed by atoms with Gasteiger partial charge in [-0.05, 0) is 31.7 Å². The summed E-state index contributed by atoms with van der Waals surface area (Å²) in [5, 5.41) is 16.2. The minimum Gasteiger partial charge on any atom is -0.295 e. The van der Waals surface area contributed by atoms with Crippen molar-refractivity contribution in [2.75, 3.05) is 7.05 Å². The van der Waals surface area contributed by atoms with E-state index in [1.165, 1.54) is 18.2 Å². The number of para-hydroxylation sites is 1. The molecule has 8 heteroatoms. The zero-order valence-corrected chi connectivity index (χ0v) is 14.2. The molecule has 0 heterocycles. The number of hydrogen-bond donors (Lipinski definition) is 1. The smallest absolute Gasteiger partial charge is 0.273 e. The molecular formula is C16H19N3O4S. The van der Waals surface area contributed by atoms with E-state index in [9.17, 15) is 18.5 Å². The lowest BCUT2D eigenvalue weighted by Crippen LogP contribution is -2.22. The summed E-state index contributed by atoms with van der Waals surface area (Å²) in [5.74, 6) is 0. The van der Waals surface area contributed by atoms with Crippen LogP contribution in [0.4, 0.5) is 5.69 Å². The predicted molar refractivity (Wildman–Crippen MR) is 90.8 cm³/mol. The molecule has 2 N–H and O–H groups in total. The fourth-order valence-electron chi connectivity index (χ4n) is 2.42. The van der Waals surface area contributed by atoms with Crippen LogP contribution in [-0.2, 0) is 16.6 Å². The molecule has 0 spiro atoms.